The standard InChI is InChI=1S/2C34H65N3O5S.H3O4P/c2*1-23(2)31(42-43(39,40)41)12-9-24(3)27-10-11-28-32-29(14-16-34(27,28)5)33(4)15-13-26(21-25(33)22-30(32)38)37-20-8-19-36-18-7-6-17-35;1-5(2,3)4/h2*23-32,36-38H,6-22,35H2,1-5H3,(H,39,40,41);(H3,1,2,3,4)/t2*24-,25-,26+,27-,28?,29?,30-,31-,32?,33+,34-;/m11./s1. The number of hydrogen-bond acceptors (Lipinski definition) is 15. The fourth-order valence-corrected chi connectivity index (χ4v) is 22.7. The zero-order valence-electron chi connectivity index (χ0n) is 58.0. The average molecular weight is 1350 g/mol. The Morgan fingerprint density at radius 2 is 0.802 bits per heavy atom. The summed E-state index contributed by atoms with van der Waals surface area (Å²) in [6.07, 6.45) is 27.5. The molecule has 0 bridgehead atoms. The second kappa shape index (κ2) is 35.0. The molecule has 20 nitrogen and oxygen atoms in total. The van der Waals surface area contributed by atoms with E-state index in [1.165, 1.54) is 89.9 Å². The van der Waals surface area contributed by atoms with Crippen LogP contribution >= 0.6 is 7.82 Å². The highest BCUT2D eigenvalue weighted by Gasteiger charge is 2.65. The molecule has 23 heteroatoms. The SMILES string of the molecule is CC(C)[C@@H](CC[C@@H](C)[C@H]1CCC2C3C(CC[C@@]21C)[C@@]1(C)CC[C@H](NCCCNCCCCN)C[C@@H]1C[C@H]3O)OS(=O)(=O)O.CC(C)[C@@H](CC[C@@H](C)[C@H]1CCC2C3C(CC[C@@]21C)[C@@]1(C)CC[C@H](NCCCNCCCCN)C[C@@H]1C[C@H]3O)OS(=O)(=O)O.O=P(O)(O)O. The monoisotopic (exact) mass is 1350 g/mol. The van der Waals surface area contributed by atoms with Gasteiger partial charge in [0.2, 0.25) is 0 Å². The Hall–Kier alpha value is -0.470. The summed E-state index contributed by atoms with van der Waals surface area (Å²) in [4.78, 5) is 21.6. The molecule has 8 fully saturated rings. The highest BCUT2D eigenvalue weighted by atomic mass is 32.3. The number of aliphatic hydroxyl groups excluding tert-OH is 2. The van der Waals surface area contributed by atoms with E-state index >= 15 is 0 Å². The van der Waals surface area contributed by atoms with Crippen molar-refractivity contribution in [3.8, 4) is 0 Å². The van der Waals surface area contributed by atoms with Crippen LogP contribution in [0.5, 0.6) is 0 Å². The van der Waals surface area contributed by atoms with E-state index < -0.39 is 40.8 Å². The smallest absolute Gasteiger partial charge is 0.393 e. The Kier molecular flexibility index (Phi) is 30.6. The number of phosphoric acid groups is 1. The van der Waals surface area contributed by atoms with E-state index in [9.17, 15) is 36.2 Å². The van der Waals surface area contributed by atoms with Crippen LogP contribution < -0.4 is 32.7 Å². The van der Waals surface area contributed by atoms with Gasteiger partial charge in [-0.25, -0.2) is 12.9 Å². The van der Waals surface area contributed by atoms with Crippen molar-refractivity contribution in [3.05, 3.63) is 0 Å². The maximum Gasteiger partial charge on any atom is 0.466 e. The Morgan fingerprint density at radius 3 is 1.13 bits per heavy atom. The molecule has 0 aromatic rings. The van der Waals surface area contributed by atoms with Crippen molar-refractivity contribution in [1.82, 2.24) is 21.3 Å². The third-order valence-electron chi connectivity index (χ3n) is 26.2. The molecule has 0 aromatic heterocycles. The van der Waals surface area contributed by atoms with E-state index in [0.717, 1.165) is 117 Å². The summed E-state index contributed by atoms with van der Waals surface area (Å²) >= 11 is 0. The first-order valence-corrected chi connectivity index (χ1v) is 40.6. The fourth-order valence-electron chi connectivity index (χ4n) is 21.4. The number of hydrogen-bond donors (Lipinski definition) is 13. The molecule has 8 aliphatic carbocycles. The molecule has 0 aliphatic heterocycles. The van der Waals surface area contributed by atoms with Gasteiger partial charge in [0.05, 0.1) is 24.4 Å². The Bertz CT molecular complexity index is 2290. The van der Waals surface area contributed by atoms with Crippen LogP contribution in [0.25, 0.3) is 0 Å². The molecule has 15 N–H and O–H groups in total. The minimum atomic E-state index is -4.64. The summed E-state index contributed by atoms with van der Waals surface area (Å²) in [6.45, 7) is 30.5. The summed E-state index contributed by atoms with van der Waals surface area (Å²) in [5, 5.41) is 38.4. The van der Waals surface area contributed by atoms with E-state index in [1.54, 1.807) is 0 Å². The number of aliphatic hydroxyl groups is 2. The van der Waals surface area contributed by atoms with Crippen LogP contribution in [0.2, 0.25) is 0 Å². The Morgan fingerprint density at radius 1 is 0.473 bits per heavy atom. The summed E-state index contributed by atoms with van der Waals surface area (Å²) in [7, 11) is -13.5. The molecule has 0 radical (unpaired) electrons. The normalized spacial score (nSPS) is 37.7. The van der Waals surface area contributed by atoms with Gasteiger partial charge in [-0.2, -0.15) is 16.8 Å². The van der Waals surface area contributed by atoms with E-state index in [1.807, 2.05) is 27.7 Å². The highest BCUT2D eigenvalue weighted by molar-refractivity contribution is 7.81. The maximum atomic E-state index is 11.8. The lowest BCUT2D eigenvalue weighted by molar-refractivity contribution is -0.167. The van der Waals surface area contributed by atoms with Crippen LogP contribution in [0.3, 0.4) is 0 Å². The number of nitrogens with one attached hydrogen (secondary N) is 4. The van der Waals surface area contributed by atoms with Gasteiger partial charge in [-0.15, -0.1) is 0 Å². The summed E-state index contributed by atoms with van der Waals surface area (Å²) in [6, 6.07) is 1.15. The van der Waals surface area contributed by atoms with Crippen molar-refractivity contribution in [3.63, 3.8) is 0 Å². The van der Waals surface area contributed by atoms with Crippen molar-refractivity contribution in [2.75, 3.05) is 52.4 Å². The topological polar surface area (TPSA) is 346 Å². The largest absolute Gasteiger partial charge is 0.466 e. The molecule has 8 saturated carbocycles. The van der Waals surface area contributed by atoms with Crippen LogP contribution in [-0.2, 0) is 33.7 Å². The predicted octanol–water partition coefficient (Wildman–Crippen LogP) is 10.2. The summed E-state index contributed by atoms with van der Waals surface area (Å²) < 4.78 is 83.1. The minimum absolute atomic E-state index is 0.0152. The molecule has 8 aliphatic rings. The minimum Gasteiger partial charge on any atom is -0.393 e. The highest BCUT2D eigenvalue weighted by Crippen LogP contribution is 2.70. The lowest BCUT2D eigenvalue weighted by Gasteiger charge is -2.62. The van der Waals surface area contributed by atoms with Gasteiger partial charge in [-0.3, -0.25) is 9.11 Å². The van der Waals surface area contributed by atoms with Gasteiger partial charge in [0.15, 0.2) is 0 Å². The number of fused-ring (bicyclic) bond motifs is 10. The molecule has 6 unspecified atom stereocenters. The van der Waals surface area contributed by atoms with Crippen molar-refractivity contribution in [2.45, 2.75) is 273 Å². The van der Waals surface area contributed by atoms with Gasteiger partial charge < -0.3 is 57.6 Å². The summed E-state index contributed by atoms with van der Waals surface area (Å²) in [5.74, 6) is 6.43. The van der Waals surface area contributed by atoms with Gasteiger partial charge in [0, 0.05) is 12.1 Å². The zero-order chi connectivity index (χ0) is 67.3. The molecular weight excluding hydrogens is 1220 g/mol. The molecule has 0 aromatic carbocycles. The van der Waals surface area contributed by atoms with Gasteiger partial charge in [0.1, 0.15) is 0 Å². The van der Waals surface area contributed by atoms with Gasteiger partial charge >= 0.3 is 28.6 Å². The molecule has 536 valence electrons. The summed E-state index contributed by atoms with van der Waals surface area (Å²) in [5.41, 5.74) is 12.3. The van der Waals surface area contributed by atoms with Crippen LogP contribution in [0.4, 0.5) is 0 Å². The van der Waals surface area contributed by atoms with Crippen molar-refractivity contribution < 1.29 is 63.8 Å². The maximum absolute atomic E-state index is 11.8. The van der Waals surface area contributed by atoms with Crippen LogP contribution in [0, 0.1) is 105 Å². The first-order valence-electron chi connectivity index (χ1n) is 36.3. The predicted molar refractivity (Wildman–Crippen MR) is 362 cm³/mol. The fraction of sp³-hybridized carbons (Fsp3) is 1.00. The molecule has 22 atom stereocenters. The van der Waals surface area contributed by atoms with Gasteiger partial charge in [0.25, 0.3) is 0 Å². The third-order valence-corrected chi connectivity index (χ3v) is 27.2. The number of unbranched alkanes of at least 4 members (excludes halogenated alkanes) is 2. The third kappa shape index (κ3) is 21.8. The van der Waals surface area contributed by atoms with Crippen molar-refractivity contribution in [1.29, 1.82) is 0 Å². The second-order valence-corrected chi connectivity index (χ2v) is 35.5. The van der Waals surface area contributed by atoms with E-state index in [4.69, 9.17) is 39.1 Å². The molecule has 8 rings (SSSR count). The molecule has 0 amide bonds. The van der Waals surface area contributed by atoms with Crippen LogP contribution in [-0.4, -0.2) is 140 Å². The average Bonchev–Trinajstić information content (AvgIpc) is 1.71. The number of rotatable bonds is 32. The van der Waals surface area contributed by atoms with Crippen molar-refractivity contribution in [2.24, 2.45) is 116 Å². The van der Waals surface area contributed by atoms with Crippen molar-refractivity contribution >= 4 is 28.6 Å². The first kappa shape index (κ1) is 79.5. The van der Waals surface area contributed by atoms with Gasteiger partial charge in [-0.05, 0) is 324 Å². The van der Waals surface area contributed by atoms with E-state index in [-0.39, 0.29) is 34.9 Å². The lowest BCUT2D eigenvalue weighted by atomic mass is 9.43. The van der Waals surface area contributed by atoms with E-state index in [0.29, 0.717) is 107 Å². The Labute approximate surface area is 551 Å². The first-order chi connectivity index (χ1) is 42.6. The molecule has 0 saturated heterocycles. The number of nitrogens with two attached hydrogens (primary N) is 2. The van der Waals surface area contributed by atoms with Crippen LogP contribution in [0.1, 0.15) is 236 Å². The molecule has 0 heterocycles. The molecular formula is C68H133N6O14PS2. The Balaban J connectivity index is 0.000000269. The van der Waals surface area contributed by atoms with Crippen LogP contribution in [0.15, 0.2) is 0 Å². The molecule has 91 heavy (non-hydrogen) atoms. The quantitative estimate of drug-likeness (QED) is 0.0169. The lowest BCUT2D eigenvalue weighted by Crippen LogP contribution is -2.59. The zero-order valence-corrected chi connectivity index (χ0v) is 60.5. The van der Waals surface area contributed by atoms with E-state index in [2.05, 4.69) is 62.8 Å². The second-order valence-electron chi connectivity index (χ2n) is 32.3. The van der Waals surface area contributed by atoms with Gasteiger partial charge in [-0.1, -0.05) is 69.2 Å². The molecule has 0 spiro atoms.